The molecule has 1 atom stereocenters. The smallest absolute Gasteiger partial charge is 0.337 e. The van der Waals surface area contributed by atoms with Crippen LogP contribution in [0.3, 0.4) is 0 Å². The normalized spacial score (nSPS) is 22.0. The first-order valence-corrected chi connectivity index (χ1v) is 3.15. The first-order valence-electron chi connectivity index (χ1n) is 3.15. The Hall–Kier alpha value is -1.29. The summed E-state index contributed by atoms with van der Waals surface area (Å²) in [7, 11) is 1.30. The van der Waals surface area contributed by atoms with Crippen molar-refractivity contribution in [2.45, 2.75) is 6.23 Å². The fraction of sp³-hybridized carbons (Fsp3) is 0.286. The zero-order valence-electron chi connectivity index (χ0n) is 6.07. The van der Waals surface area contributed by atoms with Gasteiger partial charge in [0.15, 0.2) is 0 Å². The van der Waals surface area contributed by atoms with E-state index in [1.165, 1.54) is 19.4 Å². The molecule has 0 aromatic carbocycles. The summed E-state index contributed by atoms with van der Waals surface area (Å²) < 4.78 is 4.44. The number of aliphatic hydroxyl groups excluding tert-OH is 1. The lowest BCUT2D eigenvalue weighted by Gasteiger charge is -2.11. The zero-order valence-corrected chi connectivity index (χ0v) is 6.07. The maximum Gasteiger partial charge on any atom is 0.337 e. The summed E-state index contributed by atoms with van der Waals surface area (Å²) in [6.45, 7) is 0. The number of carbonyl (C=O) groups is 1. The molecule has 4 nitrogen and oxygen atoms in total. The Morgan fingerprint density at radius 1 is 1.82 bits per heavy atom. The Kier molecular flexibility index (Phi) is 2.28. The van der Waals surface area contributed by atoms with Crippen LogP contribution in [0.25, 0.3) is 0 Å². The second-order valence-electron chi connectivity index (χ2n) is 2.06. The zero-order chi connectivity index (χ0) is 8.27. The molecule has 1 heterocycles. The number of methoxy groups -OCH3 is 1. The number of hydrogen-bond donors (Lipinski definition) is 2. The highest BCUT2D eigenvalue weighted by molar-refractivity contribution is 5.91. The molecule has 0 aliphatic carbocycles. The number of esters is 1. The Morgan fingerprint density at radius 3 is 3.09 bits per heavy atom. The second kappa shape index (κ2) is 3.21. The van der Waals surface area contributed by atoms with E-state index in [4.69, 9.17) is 5.11 Å². The third-order valence-corrected chi connectivity index (χ3v) is 1.29. The van der Waals surface area contributed by atoms with Gasteiger partial charge in [0.1, 0.15) is 6.23 Å². The van der Waals surface area contributed by atoms with Crippen molar-refractivity contribution in [3.05, 3.63) is 23.9 Å². The maximum absolute atomic E-state index is 10.8. The largest absolute Gasteiger partial charge is 0.465 e. The van der Waals surface area contributed by atoms with E-state index in [9.17, 15) is 4.79 Å². The van der Waals surface area contributed by atoms with Crippen LogP contribution in [0.5, 0.6) is 0 Å². The minimum Gasteiger partial charge on any atom is -0.465 e. The minimum atomic E-state index is -0.797. The summed E-state index contributed by atoms with van der Waals surface area (Å²) in [4.78, 5) is 10.8. The highest BCUT2D eigenvalue weighted by Gasteiger charge is 2.11. The minimum absolute atomic E-state index is 0.360. The van der Waals surface area contributed by atoms with Crippen molar-refractivity contribution in [1.29, 1.82) is 0 Å². The fourth-order valence-corrected chi connectivity index (χ4v) is 0.764. The molecule has 0 saturated carbocycles. The van der Waals surface area contributed by atoms with E-state index >= 15 is 0 Å². The lowest BCUT2D eigenvalue weighted by molar-refractivity contribution is -0.135. The van der Waals surface area contributed by atoms with Crippen LogP contribution < -0.4 is 5.32 Å². The number of dihydropyridines is 1. The first kappa shape index (κ1) is 7.81. The van der Waals surface area contributed by atoms with E-state index in [2.05, 4.69) is 10.1 Å². The second-order valence-corrected chi connectivity index (χ2v) is 2.06. The van der Waals surface area contributed by atoms with Gasteiger partial charge in [0, 0.05) is 0 Å². The molecular formula is C7H9NO3. The molecule has 0 spiro atoms. The molecular weight excluding hydrogens is 146 g/mol. The predicted octanol–water partition coefficient (Wildman–Crippen LogP) is -0.479. The summed E-state index contributed by atoms with van der Waals surface area (Å²) in [6, 6.07) is 0. The molecule has 1 aliphatic rings. The standard InChI is InChI=1S/C7H9NO3/c1-11-7(10)5-2-3-8-6(9)4-5/h2-4,6,8-9H,1H3. The Morgan fingerprint density at radius 2 is 2.55 bits per heavy atom. The molecule has 0 saturated heterocycles. The summed E-state index contributed by atoms with van der Waals surface area (Å²) >= 11 is 0. The Balaban J connectivity index is 2.71. The average Bonchev–Trinajstić information content (AvgIpc) is 2.03. The molecule has 0 aromatic rings. The van der Waals surface area contributed by atoms with Crippen LogP contribution >= 0.6 is 0 Å². The van der Waals surface area contributed by atoms with Crippen LogP contribution in [0, 0.1) is 0 Å². The van der Waals surface area contributed by atoms with E-state index < -0.39 is 12.2 Å². The molecule has 1 rings (SSSR count). The molecule has 1 unspecified atom stereocenters. The Labute approximate surface area is 64.2 Å². The topological polar surface area (TPSA) is 58.6 Å². The summed E-state index contributed by atoms with van der Waals surface area (Å²) in [5.74, 6) is -0.443. The molecule has 0 aromatic heterocycles. The van der Waals surface area contributed by atoms with Crippen molar-refractivity contribution in [3.8, 4) is 0 Å². The van der Waals surface area contributed by atoms with E-state index in [0.29, 0.717) is 5.57 Å². The molecule has 0 radical (unpaired) electrons. The van der Waals surface area contributed by atoms with Crippen LogP contribution in [-0.4, -0.2) is 24.4 Å². The number of aliphatic hydroxyl groups is 1. The highest BCUT2D eigenvalue weighted by atomic mass is 16.5. The number of nitrogens with one attached hydrogen (secondary N) is 1. The number of hydrogen-bond acceptors (Lipinski definition) is 4. The van der Waals surface area contributed by atoms with Crippen molar-refractivity contribution in [2.75, 3.05) is 7.11 Å². The number of rotatable bonds is 1. The van der Waals surface area contributed by atoms with Gasteiger partial charge in [-0.15, -0.1) is 0 Å². The SMILES string of the molecule is COC(=O)C1=CC(O)NC=C1. The molecule has 11 heavy (non-hydrogen) atoms. The first-order chi connectivity index (χ1) is 5.24. The molecule has 60 valence electrons. The van der Waals surface area contributed by atoms with E-state index in [-0.39, 0.29) is 0 Å². The van der Waals surface area contributed by atoms with Crippen molar-refractivity contribution in [2.24, 2.45) is 0 Å². The van der Waals surface area contributed by atoms with Crippen molar-refractivity contribution in [3.63, 3.8) is 0 Å². The van der Waals surface area contributed by atoms with Gasteiger partial charge in [-0.25, -0.2) is 4.79 Å². The van der Waals surface area contributed by atoms with Gasteiger partial charge in [0.25, 0.3) is 0 Å². The third kappa shape index (κ3) is 1.81. The highest BCUT2D eigenvalue weighted by Crippen LogP contribution is 2.04. The van der Waals surface area contributed by atoms with Gasteiger partial charge in [-0.1, -0.05) is 0 Å². The van der Waals surface area contributed by atoms with Gasteiger partial charge in [0.2, 0.25) is 0 Å². The maximum atomic E-state index is 10.8. The van der Waals surface area contributed by atoms with Crippen LogP contribution in [0.2, 0.25) is 0 Å². The van der Waals surface area contributed by atoms with Crippen molar-refractivity contribution in [1.82, 2.24) is 5.32 Å². The van der Waals surface area contributed by atoms with Crippen LogP contribution in [-0.2, 0) is 9.53 Å². The van der Waals surface area contributed by atoms with Crippen molar-refractivity contribution < 1.29 is 14.6 Å². The average molecular weight is 155 g/mol. The van der Waals surface area contributed by atoms with Crippen molar-refractivity contribution >= 4 is 5.97 Å². The molecule has 1 aliphatic heterocycles. The molecule has 2 N–H and O–H groups in total. The van der Waals surface area contributed by atoms with Gasteiger partial charge in [0.05, 0.1) is 12.7 Å². The lowest BCUT2D eigenvalue weighted by atomic mass is 10.2. The number of carbonyl (C=O) groups excluding carboxylic acids is 1. The lowest BCUT2D eigenvalue weighted by Crippen LogP contribution is -2.25. The van der Waals surface area contributed by atoms with E-state index in [0.717, 1.165) is 0 Å². The van der Waals surface area contributed by atoms with Crippen LogP contribution in [0.1, 0.15) is 0 Å². The predicted molar refractivity (Wildman–Crippen MR) is 38.4 cm³/mol. The summed E-state index contributed by atoms with van der Waals surface area (Å²) in [5, 5.41) is 11.6. The van der Waals surface area contributed by atoms with E-state index in [1.807, 2.05) is 0 Å². The van der Waals surface area contributed by atoms with Gasteiger partial charge in [-0.3, -0.25) is 0 Å². The van der Waals surface area contributed by atoms with Crippen LogP contribution in [0.4, 0.5) is 0 Å². The van der Waals surface area contributed by atoms with Crippen LogP contribution in [0.15, 0.2) is 23.9 Å². The van der Waals surface area contributed by atoms with Gasteiger partial charge >= 0.3 is 5.97 Å². The fourth-order valence-electron chi connectivity index (χ4n) is 0.764. The monoisotopic (exact) mass is 155 g/mol. The summed E-state index contributed by atoms with van der Waals surface area (Å²) in [5.41, 5.74) is 0.360. The quantitative estimate of drug-likeness (QED) is 0.502. The molecule has 0 bridgehead atoms. The Bertz CT molecular complexity index is 220. The van der Waals surface area contributed by atoms with Gasteiger partial charge < -0.3 is 15.2 Å². The van der Waals surface area contributed by atoms with E-state index in [1.54, 1.807) is 6.08 Å². The molecule has 0 amide bonds. The van der Waals surface area contributed by atoms with Gasteiger partial charge in [-0.05, 0) is 18.4 Å². The van der Waals surface area contributed by atoms with Gasteiger partial charge in [-0.2, -0.15) is 0 Å². The molecule has 0 fully saturated rings. The number of ether oxygens (including phenoxy) is 1. The summed E-state index contributed by atoms with van der Waals surface area (Å²) in [6.07, 6.45) is 3.62. The third-order valence-electron chi connectivity index (χ3n) is 1.29. The molecule has 4 heteroatoms.